The number of carbonyl (C=O) groups excluding carboxylic acids is 1. The van der Waals surface area contributed by atoms with Crippen LogP contribution in [0.4, 0.5) is 0 Å². The van der Waals surface area contributed by atoms with Crippen molar-refractivity contribution < 1.29 is 9.90 Å². The third-order valence-electron chi connectivity index (χ3n) is 3.83. The van der Waals surface area contributed by atoms with Crippen molar-refractivity contribution in [3.8, 4) is 0 Å². The lowest BCUT2D eigenvalue weighted by Crippen LogP contribution is -2.45. The Morgan fingerprint density at radius 3 is 2.50 bits per heavy atom. The summed E-state index contributed by atoms with van der Waals surface area (Å²) in [4.78, 5) is 18.7. The third kappa shape index (κ3) is 3.54. The highest BCUT2D eigenvalue weighted by Crippen LogP contribution is 2.17. The predicted octanol–water partition coefficient (Wildman–Crippen LogP) is 2.08. The van der Waals surface area contributed by atoms with Crippen molar-refractivity contribution >= 4 is 5.91 Å². The standard InChI is InChI=1S/C17H23N3O2/c1-13(2)15(12-21)20(11-14-7-5-4-6-8-14)17(22)16-18-9-10-19(16)3/h4-10,13,15,21H,11-12H2,1-3H3/t15-/m1/s1. The molecule has 0 radical (unpaired) electrons. The van der Waals surface area contributed by atoms with Crippen LogP contribution in [-0.2, 0) is 13.6 Å². The molecule has 1 aromatic carbocycles. The highest BCUT2D eigenvalue weighted by molar-refractivity contribution is 5.91. The van der Waals surface area contributed by atoms with E-state index in [4.69, 9.17) is 0 Å². The number of amides is 1. The molecule has 2 aromatic rings. The number of aryl methyl sites for hydroxylation is 1. The van der Waals surface area contributed by atoms with E-state index in [1.165, 1.54) is 0 Å². The zero-order valence-corrected chi connectivity index (χ0v) is 13.3. The van der Waals surface area contributed by atoms with Crippen LogP contribution in [0, 0.1) is 5.92 Å². The van der Waals surface area contributed by atoms with Gasteiger partial charge in [-0.05, 0) is 11.5 Å². The molecule has 5 nitrogen and oxygen atoms in total. The Bertz CT molecular complexity index is 607. The second kappa shape index (κ2) is 7.22. The van der Waals surface area contributed by atoms with Crippen LogP contribution in [-0.4, -0.2) is 38.1 Å². The summed E-state index contributed by atoms with van der Waals surface area (Å²) >= 11 is 0. The number of hydrogen-bond acceptors (Lipinski definition) is 3. The van der Waals surface area contributed by atoms with Gasteiger partial charge in [0, 0.05) is 26.0 Å². The number of carbonyl (C=O) groups is 1. The molecule has 0 bridgehead atoms. The zero-order chi connectivity index (χ0) is 16.1. The Kier molecular flexibility index (Phi) is 5.33. The Hall–Kier alpha value is -2.14. The van der Waals surface area contributed by atoms with Gasteiger partial charge in [-0.2, -0.15) is 0 Å². The number of benzene rings is 1. The summed E-state index contributed by atoms with van der Waals surface area (Å²) in [6, 6.07) is 9.55. The lowest BCUT2D eigenvalue weighted by Gasteiger charge is -2.33. The highest BCUT2D eigenvalue weighted by atomic mass is 16.3. The topological polar surface area (TPSA) is 58.4 Å². The van der Waals surface area contributed by atoms with Gasteiger partial charge in [0.15, 0.2) is 5.82 Å². The molecule has 0 fully saturated rings. The molecule has 1 aromatic heterocycles. The van der Waals surface area contributed by atoms with Gasteiger partial charge in [-0.3, -0.25) is 4.79 Å². The summed E-state index contributed by atoms with van der Waals surface area (Å²) < 4.78 is 1.70. The van der Waals surface area contributed by atoms with E-state index in [9.17, 15) is 9.90 Å². The first-order valence-corrected chi connectivity index (χ1v) is 7.47. The monoisotopic (exact) mass is 301 g/mol. The van der Waals surface area contributed by atoms with E-state index in [2.05, 4.69) is 4.98 Å². The first-order chi connectivity index (χ1) is 10.5. The van der Waals surface area contributed by atoms with Crippen molar-refractivity contribution in [1.82, 2.24) is 14.5 Å². The molecule has 0 unspecified atom stereocenters. The first kappa shape index (κ1) is 16.2. The maximum atomic E-state index is 12.9. The molecule has 0 saturated carbocycles. The van der Waals surface area contributed by atoms with E-state index < -0.39 is 0 Å². The van der Waals surface area contributed by atoms with Gasteiger partial charge in [0.05, 0.1) is 12.6 Å². The number of imidazole rings is 1. The van der Waals surface area contributed by atoms with Gasteiger partial charge in [0.25, 0.3) is 5.91 Å². The quantitative estimate of drug-likeness (QED) is 0.888. The van der Waals surface area contributed by atoms with Crippen LogP contribution in [0.25, 0.3) is 0 Å². The molecule has 2 rings (SSSR count). The fourth-order valence-corrected chi connectivity index (χ4v) is 2.49. The molecule has 0 aliphatic heterocycles. The average Bonchev–Trinajstić information content (AvgIpc) is 2.93. The average molecular weight is 301 g/mol. The Morgan fingerprint density at radius 1 is 1.32 bits per heavy atom. The molecule has 0 saturated heterocycles. The molecule has 0 aliphatic carbocycles. The summed E-state index contributed by atoms with van der Waals surface area (Å²) in [7, 11) is 1.80. The zero-order valence-electron chi connectivity index (χ0n) is 13.3. The van der Waals surface area contributed by atoms with Crippen molar-refractivity contribution in [2.45, 2.75) is 26.4 Å². The van der Waals surface area contributed by atoms with E-state index in [1.54, 1.807) is 28.9 Å². The molecule has 22 heavy (non-hydrogen) atoms. The minimum Gasteiger partial charge on any atom is -0.394 e. The smallest absolute Gasteiger partial charge is 0.290 e. The molecule has 0 aliphatic rings. The van der Waals surface area contributed by atoms with E-state index in [0.29, 0.717) is 12.4 Å². The summed E-state index contributed by atoms with van der Waals surface area (Å²) in [5, 5.41) is 9.74. The lowest BCUT2D eigenvalue weighted by atomic mass is 10.0. The van der Waals surface area contributed by atoms with Crippen LogP contribution in [0.2, 0.25) is 0 Å². The molecule has 1 amide bonds. The maximum absolute atomic E-state index is 12.9. The van der Waals surface area contributed by atoms with Gasteiger partial charge in [-0.15, -0.1) is 0 Å². The first-order valence-electron chi connectivity index (χ1n) is 7.47. The van der Waals surface area contributed by atoms with Crippen LogP contribution in [0.1, 0.15) is 30.0 Å². The third-order valence-corrected chi connectivity index (χ3v) is 3.83. The van der Waals surface area contributed by atoms with E-state index in [-0.39, 0.29) is 24.5 Å². The number of aromatic nitrogens is 2. The Labute approximate surface area is 131 Å². The van der Waals surface area contributed by atoms with Crippen molar-refractivity contribution in [3.05, 3.63) is 54.1 Å². The van der Waals surface area contributed by atoms with Crippen LogP contribution in [0.5, 0.6) is 0 Å². The molecule has 0 spiro atoms. The van der Waals surface area contributed by atoms with E-state index in [1.807, 2.05) is 44.2 Å². The molecule has 1 N–H and O–H groups in total. The largest absolute Gasteiger partial charge is 0.394 e. The molecule has 118 valence electrons. The van der Waals surface area contributed by atoms with E-state index >= 15 is 0 Å². The fourth-order valence-electron chi connectivity index (χ4n) is 2.49. The highest BCUT2D eigenvalue weighted by Gasteiger charge is 2.28. The Morgan fingerprint density at radius 2 is 2.00 bits per heavy atom. The molecular weight excluding hydrogens is 278 g/mol. The molecule has 5 heteroatoms. The number of hydrogen-bond donors (Lipinski definition) is 1. The van der Waals surface area contributed by atoms with Gasteiger partial charge in [-0.25, -0.2) is 4.98 Å². The van der Waals surface area contributed by atoms with Crippen LogP contribution in [0.3, 0.4) is 0 Å². The van der Waals surface area contributed by atoms with Gasteiger partial charge >= 0.3 is 0 Å². The normalized spacial score (nSPS) is 12.4. The lowest BCUT2D eigenvalue weighted by molar-refractivity contribution is 0.0467. The minimum atomic E-state index is -0.246. The summed E-state index contributed by atoms with van der Waals surface area (Å²) in [5.41, 5.74) is 1.03. The number of aliphatic hydroxyl groups is 1. The number of rotatable bonds is 6. The summed E-state index contributed by atoms with van der Waals surface area (Å²) in [6.45, 7) is 4.39. The van der Waals surface area contributed by atoms with Gasteiger partial charge in [0.1, 0.15) is 0 Å². The maximum Gasteiger partial charge on any atom is 0.290 e. The van der Waals surface area contributed by atoms with Crippen LogP contribution < -0.4 is 0 Å². The SMILES string of the molecule is CC(C)[C@@H](CO)N(Cc1ccccc1)C(=O)c1nccn1C. The summed E-state index contributed by atoms with van der Waals surface area (Å²) in [5.74, 6) is 0.372. The van der Waals surface area contributed by atoms with Crippen molar-refractivity contribution in [3.63, 3.8) is 0 Å². The predicted molar refractivity (Wildman–Crippen MR) is 85.2 cm³/mol. The summed E-state index contributed by atoms with van der Waals surface area (Å²) in [6.07, 6.45) is 3.36. The Balaban J connectivity index is 2.32. The molecule has 1 atom stereocenters. The molecule has 1 heterocycles. The van der Waals surface area contributed by atoms with Gasteiger partial charge in [0.2, 0.25) is 0 Å². The number of aliphatic hydroxyl groups excluding tert-OH is 1. The van der Waals surface area contributed by atoms with Gasteiger partial charge in [-0.1, -0.05) is 44.2 Å². The van der Waals surface area contributed by atoms with Crippen molar-refractivity contribution in [1.29, 1.82) is 0 Å². The fraction of sp³-hybridized carbons (Fsp3) is 0.412. The van der Waals surface area contributed by atoms with Gasteiger partial charge < -0.3 is 14.6 Å². The number of nitrogens with zero attached hydrogens (tertiary/aromatic N) is 3. The second-order valence-electron chi connectivity index (χ2n) is 5.77. The van der Waals surface area contributed by atoms with Crippen LogP contribution in [0.15, 0.2) is 42.7 Å². The minimum absolute atomic E-state index is 0.0688. The van der Waals surface area contributed by atoms with Crippen molar-refractivity contribution in [2.24, 2.45) is 13.0 Å². The second-order valence-corrected chi connectivity index (χ2v) is 5.77. The van der Waals surface area contributed by atoms with E-state index in [0.717, 1.165) is 5.56 Å². The van der Waals surface area contributed by atoms with Crippen LogP contribution >= 0.6 is 0 Å². The van der Waals surface area contributed by atoms with Crippen molar-refractivity contribution in [2.75, 3.05) is 6.61 Å². The molecular formula is C17H23N3O2.